The second-order valence-corrected chi connectivity index (χ2v) is 7.51. The molecule has 2 N–H and O–H groups in total. The van der Waals surface area contributed by atoms with E-state index in [0.717, 1.165) is 56.8 Å². The summed E-state index contributed by atoms with van der Waals surface area (Å²) in [5.41, 5.74) is 8.44. The number of hydrogen-bond donors (Lipinski definition) is 1. The van der Waals surface area contributed by atoms with Crippen LogP contribution in [0.4, 0.5) is 11.8 Å². The molecule has 138 valence electrons. The van der Waals surface area contributed by atoms with E-state index in [1.165, 1.54) is 0 Å². The van der Waals surface area contributed by atoms with Gasteiger partial charge in [-0.3, -0.25) is 14.3 Å². The van der Waals surface area contributed by atoms with E-state index in [1.54, 1.807) is 23.9 Å². The molecule has 7 nitrogen and oxygen atoms in total. The Labute approximate surface area is 152 Å². The first kappa shape index (κ1) is 17.0. The van der Waals surface area contributed by atoms with Gasteiger partial charge >= 0.3 is 0 Å². The summed E-state index contributed by atoms with van der Waals surface area (Å²) in [5.74, 6) is 0.925. The van der Waals surface area contributed by atoms with Crippen molar-refractivity contribution in [2.75, 3.05) is 36.9 Å². The monoisotopic (exact) mass is 355 g/mol. The average molecular weight is 355 g/mol. The van der Waals surface area contributed by atoms with Crippen LogP contribution in [0.25, 0.3) is 11.1 Å². The van der Waals surface area contributed by atoms with Crippen molar-refractivity contribution in [3.05, 3.63) is 34.4 Å². The molecule has 2 aliphatic rings. The second kappa shape index (κ2) is 6.39. The van der Waals surface area contributed by atoms with Gasteiger partial charge in [0.1, 0.15) is 5.82 Å². The third-order valence-corrected chi connectivity index (χ3v) is 5.77. The van der Waals surface area contributed by atoms with Crippen LogP contribution in [0.3, 0.4) is 0 Å². The third-order valence-electron chi connectivity index (χ3n) is 5.77. The normalized spacial score (nSPS) is 19.2. The average Bonchev–Trinajstić information content (AvgIpc) is 3.07. The van der Waals surface area contributed by atoms with Crippen molar-refractivity contribution in [2.45, 2.75) is 26.2 Å². The fourth-order valence-electron chi connectivity index (χ4n) is 4.09. The predicted molar refractivity (Wildman–Crippen MR) is 101 cm³/mol. The fourth-order valence-corrected chi connectivity index (χ4v) is 4.09. The molecule has 0 saturated carbocycles. The van der Waals surface area contributed by atoms with Crippen molar-refractivity contribution in [2.24, 2.45) is 12.5 Å². The number of nitrogens with two attached hydrogens (primary N) is 1. The van der Waals surface area contributed by atoms with Crippen LogP contribution in [-0.2, 0) is 11.8 Å². The second-order valence-electron chi connectivity index (χ2n) is 7.51. The highest BCUT2D eigenvalue weighted by Crippen LogP contribution is 2.39. The number of pyridine rings is 1. The summed E-state index contributed by atoms with van der Waals surface area (Å²) in [5, 5.41) is 0. The zero-order valence-electron chi connectivity index (χ0n) is 15.4. The summed E-state index contributed by atoms with van der Waals surface area (Å²) < 4.78 is 7.22. The molecule has 0 bridgehead atoms. The minimum absolute atomic E-state index is 0.123. The fraction of sp³-hybridized carbons (Fsp3) is 0.526. The molecule has 26 heavy (non-hydrogen) atoms. The first-order valence-electron chi connectivity index (χ1n) is 9.11. The lowest BCUT2D eigenvalue weighted by Gasteiger charge is -2.39. The Bertz CT molecular complexity index is 876. The van der Waals surface area contributed by atoms with E-state index in [4.69, 9.17) is 10.5 Å². The topological polar surface area (TPSA) is 86.3 Å². The zero-order chi connectivity index (χ0) is 18.3. The largest absolute Gasteiger partial charge is 0.383 e. The number of ether oxygens (including phenoxy) is 1. The van der Waals surface area contributed by atoms with Crippen LogP contribution < -0.4 is 16.2 Å². The van der Waals surface area contributed by atoms with Gasteiger partial charge in [-0.05, 0) is 49.3 Å². The Morgan fingerprint density at radius 3 is 2.69 bits per heavy atom. The van der Waals surface area contributed by atoms with Crippen molar-refractivity contribution in [1.82, 2.24) is 14.5 Å². The molecule has 0 amide bonds. The van der Waals surface area contributed by atoms with Crippen molar-refractivity contribution < 1.29 is 4.74 Å². The molecule has 0 aromatic carbocycles. The van der Waals surface area contributed by atoms with Crippen molar-refractivity contribution >= 4 is 11.8 Å². The van der Waals surface area contributed by atoms with Gasteiger partial charge in [-0.15, -0.1) is 0 Å². The first-order valence-corrected chi connectivity index (χ1v) is 9.11. The van der Waals surface area contributed by atoms with E-state index in [1.807, 2.05) is 13.0 Å². The van der Waals surface area contributed by atoms with Gasteiger partial charge in [0.25, 0.3) is 5.56 Å². The maximum Gasteiger partial charge on any atom is 0.264 e. The Morgan fingerprint density at radius 2 is 2.04 bits per heavy atom. The number of aryl methyl sites for hydroxylation is 1. The molecule has 2 saturated heterocycles. The molecule has 7 heteroatoms. The van der Waals surface area contributed by atoms with E-state index >= 15 is 0 Å². The summed E-state index contributed by atoms with van der Waals surface area (Å²) >= 11 is 0. The van der Waals surface area contributed by atoms with Crippen molar-refractivity contribution in [1.29, 1.82) is 0 Å². The lowest BCUT2D eigenvalue weighted by Crippen LogP contribution is -2.43. The first-order chi connectivity index (χ1) is 12.5. The van der Waals surface area contributed by atoms with E-state index in [-0.39, 0.29) is 11.4 Å². The molecule has 0 atom stereocenters. The highest BCUT2D eigenvalue weighted by Gasteiger charge is 2.38. The third kappa shape index (κ3) is 2.86. The minimum atomic E-state index is -0.123. The standard InChI is InChI=1S/C19H25N5O2/c1-13-11-14(3-7-21-13)15-16(20)22-18(23(2)17(15)25)24-8-4-19(5-9-24)6-10-26-12-19/h3,7,11H,4-6,8-10,12,20H2,1-2H3. The van der Waals surface area contributed by atoms with Crippen LogP contribution in [0.1, 0.15) is 25.0 Å². The van der Waals surface area contributed by atoms with E-state index < -0.39 is 0 Å². The number of hydrogen-bond acceptors (Lipinski definition) is 6. The minimum Gasteiger partial charge on any atom is -0.383 e. The van der Waals surface area contributed by atoms with Gasteiger partial charge < -0.3 is 15.4 Å². The Hall–Kier alpha value is -2.41. The van der Waals surface area contributed by atoms with Crippen LogP contribution in [0.2, 0.25) is 0 Å². The highest BCUT2D eigenvalue weighted by molar-refractivity contribution is 5.73. The van der Waals surface area contributed by atoms with Gasteiger partial charge in [0.05, 0.1) is 12.2 Å². The van der Waals surface area contributed by atoms with Gasteiger partial charge in [-0.2, -0.15) is 4.98 Å². The lowest BCUT2D eigenvalue weighted by atomic mass is 9.78. The van der Waals surface area contributed by atoms with E-state index in [2.05, 4.69) is 14.9 Å². The Morgan fingerprint density at radius 1 is 1.27 bits per heavy atom. The quantitative estimate of drug-likeness (QED) is 0.883. The summed E-state index contributed by atoms with van der Waals surface area (Å²) in [6.45, 7) is 5.36. The molecule has 4 rings (SSSR count). The van der Waals surface area contributed by atoms with E-state index in [9.17, 15) is 4.79 Å². The number of aromatic nitrogens is 3. The molecule has 1 spiro atoms. The number of anilines is 2. The molecular weight excluding hydrogens is 330 g/mol. The zero-order valence-corrected chi connectivity index (χ0v) is 15.4. The predicted octanol–water partition coefficient (Wildman–Crippen LogP) is 1.74. The Kier molecular flexibility index (Phi) is 4.19. The molecule has 2 aliphatic heterocycles. The SMILES string of the molecule is Cc1cc(-c2c(N)nc(N3CCC4(CCOC4)CC3)n(C)c2=O)ccn1. The molecule has 4 heterocycles. The summed E-state index contributed by atoms with van der Waals surface area (Å²) in [6.07, 6.45) is 4.95. The molecular formula is C19H25N5O2. The molecule has 0 radical (unpaired) electrons. The molecule has 2 aromatic heterocycles. The van der Waals surface area contributed by atoms with Gasteiger partial charge in [0, 0.05) is 38.6 Å². The number of nitrogen functional groups attached to an aromatic ring is 1. The van der Waals surface area contributed by atoms with Crippen molar-refractivity contribution in [3.8, 4) is 11.1 Å². The number of nitrogens with zero attached hydrogens (tertiary/aromatic N) is 4. The summed E-state index contributed by atoms with van der Waals surface area (Å²) in [6, 6.07) is 3.66. The lowest BCUT2D eigenvalue weighted by molar-refractivity contribution is 0.133. The smallest absolute Gasteiger partial charge is 0.264 e. The van der Waals surface area contributed by atoms with Gasteiger partial charge in [-0.25, -0.2) is 0 Å². The molecule has 2 aromatic rings. The van der Waals surface area contributed by atoms with Crippen molar-refractivity contribution in [3.63, 3.8) is 0 Å². The molecule has 2 fully saturated rings. The highest BCUT2D eigenvalue weighted by atomic mass is 16.5. The van der Waals surface area contributed by atoms with Crippen LogP contribution in [0.15, 0.2) is 23.1 Å². The summed E-state index contributed by atoms with van der Waals surface area (Å²) in [4.78, 5) is 23.9. The van der Waals surface area contributed by atoms with Crippen LogP contribution in [0, 0.1) is 12.3 Å². The maximum absolute atomic E-state index is 13.0. The maximum atomic E-state index is 13.0. The number of rotatable bonds is 2. The Balaban J connectivity index is 1.66. The molecule has 0 aliphatic carbocycles. The van der Waals surface area contributed by atoms with Gasteiger partial charge in [-0.1, -0.05) is 0 Å². The van der Waals surface area contributed by atoms with Gasteiger partial charge in [0.2, 0.25) is 5.95 Å². The van der Waals surface area contributed by atoms with Crippen LogP contribution in [0.5, 0.6) is 0 Å². The van der Waals surface area contributed by atoms with Crippen LogP contribution in [-0.4, -0.2) is 40.8 Å². The van der Waals surface area contributed by atoms with E-state index in [0.29, 0.717) is 16.9 Å². The van der Waals surface area contributed by atoms with Gasteiger partial charge in [0.15, 0.2) is 0 Å². The number of piperidine rings is 1. The van der Waals surface area contributed by atoms with Crippen LogP contribution >= 0.6 is 0 Å². The summed E-state index contributed by atoms with van der Waals surface area (Å²) in [7, 11) is 1.77. The molecule has 0 unspecified atom stereocenters.